The highest BCUT2D eigenvalue weighted by Gasteiger charge is 2.31. The van der Waals surface area contributed by atoms with E-state index in [1.807, 2.05) is 0 Å². The summed E-state index contributed by atoms with van der Waals surface area (Å²) in [6.07, 6.45) is 1.62. The van der Waals surface area contributed by atoms with Gasteiger partial charge in [-0.1, -0.05) is 18.2 Å². The Morgan fingerprint density at radius 2 is 1.82 bits per heavy atom. The first kappa shape index (κ1) is 14.6. The molecule has 0 fully saturated rings. The number of aromatic hydroxyl groups is 1. The van der Waals surface area contributed by atoms with Crippen LogP contribution >= 0.6 is 0 Å². The van der Waals surface area contributed by atoms with Gasteiger partial charge in [-0.25, -0.2) is 8.42 Å². The molecule has 22 heavy (non-hydrogen) atoms. The van der Waals surface area contributed by atoms with Crippen molar-refractivity contribution in [2.75, 3.05) is 6.61 Å². The lowest BCUT2D eigenvalue weighted by atomic mass is 10.1. The molecule has 1 aliphatic rings. The third-order valence-corrected chi connectivity index (χ3v) is 5.46. The van der Waals surface area contributed by atoms with Crippen LogP contribution in [0.4, 0.5) is 0 Å². The lowest BCUT2D eigenvalue weighted by Crippen LogP contribution is -2.12. The number of nitrogens with two attached hydrogens (primary N) is 1. The summed E-state index contributed by atoms with van der Waals surface area (Å²) in [5.41, 5.74) is 6.88. The first-order valence-electron chi connectivity index (χ1n) is 6.72. The molecule has 0 atom stereocenters. The van der Waals surface area contributed by atoms with Crippen LogP contribution in [0.1, 0.15) is 11.1 Å². The average Bonchev–Trinajstić information content (AvgIpc) is 2.78. The topological polar surface area (TPSA) is 89.6 Å². The van der Waals surface area contributed by atoms with Crippen LogP contribution in [-0.4, -0.2) is 20.1 Å². The Labute approximate surface area is 128 Å². The van der Waals surface area contributed by atoms with Gasteiger partial charge in [0, 0.05) is 6.54 Å². The third-order valence-electron chi connectivity index (χ3n) is 3.50. The molecule has 1 aliphatic heterocycles. The Balaban J connectivity index is 1.86. The molecular formula is C16H15NO4S. The van der Waals surface area contributed by atoms with Crippen LogP contribution in [0, 0.1) is 0 Å². The maximum Gasteiger partial charge on any atom is 0.207 e. The van der Waals surface area contributed by atoms with Crippen LogP contribution < -0.4 is 10.5 Å². The van der Waals surface area contributed by atoms with E-state index in [1.165, 1.54) is 12.1 Å². The molecule has 114 valence electrons. The number of sulfone groups is 1. The third kappa shape index (κ3) is 2.47. The van der Waals surface area contributed by atoms with E-state index in [4.69, 9.17) is 10.5 Å². The second-order valence-corrected chi connectivity index (χ2v) is 6.88. The summed E-state index contributed by atoms with van der Waals surface area (Å²) in [7, 11) is -3.56. The van der Waals surface area contributed by atoms with Crippen molar-refractivity contribution < 1.29 is 18.3 Å². The standard InChI is InChI=1S/C16H15NO4S/c17-9-12-3-1-2-11-8-15(22(19,20)16(11)12)10-21-14-6-4-13(18)5-7-14/h1-8,18H,9-10,17H2. The number of ether oxygens (including phenoxy) is 1. The van der Waals surface area contributed by atoms with Gasteiger partial charge in [0.15, 0.2) is 0 Å². The Kier molecular flexibility index (Phi) is 3.64. The van der Waals surface area contributed by atoms with Crippen LogP contribution in [0.15, 0.2) is 52.3 Å². The van der Waals surface area contributed by atoms with Gasteiger partial charge in [0.05, 0.1) is 9.80 Å². The first-order valence-corrected chi connectivity index (χ1v) is 8.20. The maximum absolute atomic E-state index is 12.6. The summed E-state index contributed by atoms with van der Waals surface area (Å²) in [6, 6.07) is 11.4. The van der Waals surface area contributed by atoms with E-state index in [2.05, 4.69) is 0 Å². The molecule has 6 heteroatoms. The Bertz CT molecular complexity index is 839. The number of hydrogen-bond donors (Lipinski definition) is 2. The van der Waals surface area contributed by atoms with Gasteiger partial charge in [-0.2, -0.15) is 0 Å². The number of benzene rings is 2. The predicted molar refractivity (Wildman–Crippen MR) is 83.1 cm³/mol. The molecule has 2 aromatic rings. The quantitative estimate of drug-likeness (QED) is 0.901. The van der Waals surface area contributed by atoms with E-state index in [0.717, 1.165) is 0 Å². The SMILES string of the molecule is NCc1cccc2c1S(=O)(=O)C(COc1ccc(O)cc1)=C2. The monoisotopic (exact) mass is 317 g/mol. The van der Waals surface area contributed by atoms with E-state index in [0.29, 0.717) is 16.9 Å². The zero-order valence-electron chi connectivity index (χ0n) is 11.7. The van der Waals surface area contributed by atoms with Crippen LogP contribution in [0.2, 0.25) is 0 Å². The van der Waals surface area contributed by atoms with E-state index < -0.39 is 9.84 Å². The number of phenolic OH excluding ortho intramolecular Hbond substituents is 1. The molecule has 0 spiro atoms. The number of fused-ring (bicyclic) bond motifs is 1. The summed E-state index contributed by atoms with van der Waals surface area (Å²) in [4.78, 5) is 0.485. The minimum absolute atomic E-state index is 0.0637. The molecule has 1 heterocycles. The van der Waals surface area contributed by atoms with Crippen molar-refractivity contribution in [2.45, 2.75) is 11.4 Å². The van der Waals surface area contributed by atoms with Gasteiger partial charge in [-0.3, -0.25) is 0 Å². The van der Waals surface area contributed by atoms with E-state index in [1.54, 1.807) is 36.4 Å². The summed E-state index contributed by atoms with van der Waals surface area (Å²) < 4.78 is 30.7. The number of hydrogen-bond acceptors (Lipinski definition) is 5. The Hall–Kier alpha value is -2.31. The minimum atomic E-state index is -3.56. The Morgan fingerprint density at radius 1 is 1.09 bits per heavy atom. The van der Waals surface area contributed by atoms with Crippen LogP contribution in [0.5, 0.6) is 11.5 Å². The van der Waals surface area contributed by atoms with Crippen molar-refractivity contribution in [3.05, 3.63) is 58.5 Å². The molecule has 3 rings (SSSR count). The van der Waals surface area contributed by atoms with E-state index in [-0.39, 0.29) is 28.7 Å². The highest BCUT2D eigenvalue weighted by atomic mass is 32.2. The molecule has 0 bridgehead atoms. The van der Waals surface area contributed by atoms with Crippen molar-refractivity contribution in [2.24, 2.45) is 5.73 Å². The molecule has 0 unspecified atom stereocenters. The van der Waals surface area contributed by atoms with Gasteiger partial charge in [0.2, 0.25) is 9.84 Å². The van der Waals surface area contributed by atoms with Gasteiger partial charge in [-0.05, 0) is 41.5 Å². The fraction of sp³-hybridized carbons (Fsp3) is 0.125. The normalized spacial score (nSPS) is 15.2. The molecule has 0 radical (unpaired) electrons. The van der Waals surface area contributed by atoms with Gasteiger partial charge in [-0.15, -0.1) is 0 Å². The minimum Gasteiger partial charge on any atom is -0.508 e. The van der Waals surface area contributed by atoms with Crippen LogP contribution in [0.3, 0.4) is 0 Å². The van der Waals surface area contributed by atoms with Crippen LogP contribution in [0.25, 0.3) is 6.08 Å². The predicted octanol–water partition coefficient (Wildman–Crippen LogP) is 2.06. The lowest BCUT2D eigenvalue weighted by molar-refractivity contribution is 0.358. The number of rotatable bonds is 4. The van der Waals surface area contributed by atoms with Gasteiger partial charge < -0.3 is 15.6 Å². The van der Waals surface area contributed by atoms with E-state index >= 15 is 0 Å². The van der Waals surface area contributed by atoms with Crippen LogP contribution in [-0.2, 0) is 16.4 Å². The zero-order valence-corrected chi connectivity index (χ0v) is 12.5. The highest BCUT2D eigenvalue weighted by Crippen LogP contribution is 2.35. The van der Waals surface area contributed by atoms with Gasteiger partial charge in [0.1, 0.15) is 18.1 Å². The van der Waals surface area contributed by atoms with Gasteiger partial charge >= 0.3 is 0 Å². The number of phenols is 1. The highest BCUT2D eigenvalue weighted by molar-refractivity contribution is 7.96. The average molecular weight is 317 g/mol. The molecule has 0 aliphatic carbocycles. The second-order valence-electron chi connectivity index (χ2n) is 4.94. The molecule has 0 amide bonds. The second kappa shape index (κ2) is 5.47. The fourth-order valence-electron chi connectivity index (χ4n) is 2.41. The molecule has 5 nitrogen and oxygen atoms in total. The molecule has 0 aromatic heterocycles. The summed E-state index contributed by atoms with van der Waals surface area (Å²) in [5, 5.41) is 9.22. The van der Waals surface area contributed by atoms with Crippen molar-refractivity contribution in [3.63, 3.8) is 0 Å². The van der Waals surface area contributed by atoms with Gasteiger partial charge in [0.25, 0.3) is 0 Å². The first-order chi connectivity index (χ1) is 10.5. The maximum atomic E-state index is 12.6. The smallest absolute Gasteiger partial charge is 0.207 e. The van der Waals surface area contributed by atoms with Crippen molar-refractivity contribution in [3.8, 4) is 11.5 Å². The zero-order chi connectivity index (χ0) is 15.7. The van der Waals surface area contributed by atoms with Crippen molar-refractivity contribution >= 4 is 15.9 Å². The molecule has 2 aromatic carbocycles. The van der Waals surface area contributed by atoms with E-state index in [9.17, 15) is 13.5 Å². The lowest BCUT2D eigenvalue weighted by Gasteiger charge is -2.09. The van der Waals surface area contributed by atoms with Crippen molar-refractivity contribution in [1.29, 1.82) is 0 Å². The molecule has 0 saturated heterocycles. The molecule has 0 saturated carbocycles. The van der Waals surface area contributed by atoms with Crippen molar-refractivity contribution in [1.82, 2.24) is 0 Å². The molecule has 3 N–H and O–H groups in total. The largest absolute Gasteiger partial charge is 0.508 e. The molecular weight excluding hydrogens is 302 g/mol. The summed E-state index contributed by atoms with van der Waals surface area (Å²) in [5.74, 6) is 0.615. The summed E-state index contributed by atoms with van der Waals surface area (Å²) in [6.45, 7) is 0.105. The fourth-order valence-corrected chi connectivity index (χ4v) is 4.10. The summed E-state index contributed by atoms with van der Waals surface area (Å²) >= 11 is 0. The Morgan fingerprint density at radius 3 is 2.50 bits per heavy atom.